The van der Waals surface area contributed by atoms with Crippen LogP contribution in [0, 0.1) is 11.8 Å². The summed E-state index contributed by atoms with van der Waals surface area (Å²) in [6, 6.07) is 5.33. The number of nitrogens with zero attached hydrogens (tertiary/aromatic N) is 3. The smallest absolute Gasteiger partial charge is 0.250 e. The highest BCUT2D eigenvalue weighted by molar-refractivity contribution is 5.81. The van der Waals surface area contributed by atoms with Crippen LogP contribution in [-0.4, -0.2) is 57.7 Å². The Morgan fingerprint density at radius 1 is 1.23 bits per heavy atom. The molecule has 2 fully saturated rings. The van der Waals surface area contributed by atoms with Crippen molar-refractivity contribution < 1.29 is 9.90 Å². The predicted molar refractivity (Wildman–Crippen MR) is 98.7 cm³/mol. The highest BCUT2D eigenvalue weighted by atomic mass is 16.3. The van der Waals surface area contributed by atoms with Gasteiger partial charge in [0.15, 0.2) is 0 Å². The fraction of sp³-hybridized carbons (Fsp3) is 0.700. The molecule has 0 radical (unpaired) electrons. The minimum atomic E-state index is -0.259. The summed E-state index contributed by atoms with van der Waals surface area (Å²) in [7, 11) is 0. The lowest BCUT2D eigenvalue weighted by atomic mass is 9.85. The number of hydrogen-bond donors (Lipinski definition) is 1. The lowest BCUT2D eigenvalue weighted by molar-refractivity contribution is -0.139. The molecule has 2 saturated heterocycles. The van der Waals surface area contributed by atoms with Crippen molar-refractivity contribution >= 4 is 5.91 Å². The van der Waals surface area contributed by atoms with Crippen LogP contribution in [0.4, 0.5) is 0 Å². The number of aliphatic hydroxyl groups is 1. The Hall–Kier alpha value is -1.66. The molecule has 6 heteroatoms. The monoisotopic (exact) mass is 359 g/mol. The fourth-order valence-corrected chi connectivity index (χ4v) is 5.34. The molecule has 1 aromatic rings. The van der Waals surface area contributed by atoms with Crippen LogP contribution < -0.4 is 5.56 Å². The van der Waals surface area contributed by atoms with Gasteiger partial charge in [0.25, 0.3) is 5.56 Å². The van der Waals surface area contributed by atoms with Crippen molar-refractivity contribution in [3.05, 3.63) is 34.2 Å². The molecule has 3 aliphatic heterocycles. The second-order valence-electron chi connectivity index (χ2n) is 7.91. The zero-order valence-corrected chi connectivity index (χ0v) is 15.5. The molecule has 3 aliphatic rings. The second-order valence-corrected chi connectivity index (χ2v) is 7.91. The average Bonchev–Trinajstić information content (AvgIpc) is 2.87. The fourth-order valence-electron chi connectivity index (χ4n) is 5.34. The number of hydrogen-bond acceptors (Lipinski definition) is 4. The van der Waals surface area contributed by atoms with Crippen LogP contribution >= 0.6 is 0 Å². The van der Waals surface area contributed by atoms with E-state index in [0.29, 0.717) is 6.54 Å². The van der Waals surface area contributed by atoms with E-state index in [0.717, 1.165) is 44.6 Å². The second kappa shape index (κ2) is 7.16. The summed E-state index contributed by atoms with van der Waals surface area (Å²) < 4.78 is 1.83. The van der Waals surface area contributed by atoms with Crippen molar-refractivity contribution in [1.82, 2.24) is 14.4 Å². The maximum atomic E-state index is 13.5. The average molecular weight is 359 g/mol. The van der Waals surface area contributed by atoms with E-state index in [1.165, 1.54) is 6.42 Å². The molecule has 0 aromatic carbocycles. The molecule has 142 valence electrons. The molecule has 4 rings (SSSR count). The maximum absolute atomic E-state index is 13.5. The third-order valence-corrected chi connectivity index (χ3v) is 6.48. The number of carbonyl (C=O) groups excluding carboxylic acids is 1. The standard InChI is InChI=1S/C20H29N3O3/c1-2-9-22-16-12-23-15(7-6-8-17(23)25)19(22)18(14(16)13-24)20(26)21-10-4-3-5-11-21/h6-8,14,16,18-19,24H,2-5,9-13H2,1H3/t14-,16-,18+,19+/m1/s1. The summed E-state index contributed by atoms with van der Waals surface area (Å²) in [6.45, 7) is 5.23. The van der Waals surface area contributed by atoms with E-state index in [9.17, 15) is 14.7 Å². The van der Waals surface area contributed by atoms with Gasteiger partial charge < -0.3 is 14.6 Å². The van der Waals surface area contributed by atoms with E-state index < -0.39 is 0 Å². The van der Waals surface area contributed by atoms with Crippen molar-refractivity contribution in [2.24, 2.45) is 11.8 Å². The van der Waals surface area contributed by atoms with E-state index in [-0.39, 0.29) is 42.0 Å². The van der Waals surface area contributed by atoms with Crippen LogP contribution in [0.2, 0.25) is 0 Å². The molecular weight excluding hydrogens is 330 g/mol. The molecular formula is C20H29N3O3. The van der Waals surface area contributed by atoms with Gasteiger partial charge in [0.05, 0.1) is 12.0 Å². The number of pyridine rings is 1. The molecule has 4 heterocycles. The Labute approximate surface area is 154 Å². The highest BCUT2D eigenvalue weighted by Gasteiger charge is 2.55. The SMILES string of the molecule is CCCN1[C@@H]2Cn3c(cccc3=O)[C@H]1[C@@H](C(=O)N1CCCCC1)[C@@H]2CO. The predicted octanol–water partition coefficient (Wildman–Crippen LogP) is 1.23. The van der Waals surface area contributed by atoms with Crippen molar-refractivity contribution in [3.63, 3.8) is 0 Å². The minimum absolute atomic E-state index is 0.00332. The normalized spacial score (nSPS) is 31.1. The van der Waals surface area contributed by atoms with Crippen LogP contribution in [0.25, 0.3) is 0 Å². The van der Waals surface area contributed by atoms with E-state index >= 15 is 0 Å². The van der Waals surface area contributed by atoms with Crippen molar-refractivity contribution in [1.29, 1.82) is 0 Å². The summed E-state index contributed by atoms with van der Waals surface area (Å²) >= 11 is 0. The number of likely N-dealkylation sites (tertiary alicyclic amines) is 1. The molecule has 0 unspecified atom stereocenters. The molecule has 1 aromatic heterocycles. The first kappa shape index (κ1) is 17.7. The lowest BCUT2D eigenvalue weighted by Crippen LogP contribution is -2.46. The Bertz CT molecular complexity index is 725. The van der Waals surface area contributed by atoms with Crippen LogP contribution in [0.5, 0.6) is 0 Å². The number of rotatable bonds is 4. The summed E-state index contributed by atoms with van der Waals surface area (Å²) in [5.41, 5.74) is 0.935. The van der Waals surface area contributed by atoms with Gasteiger partial charge in [-0.05, 0) is 38.3 Å². The van der Waals surface area contributed by atoms with Crippen LogP contribution in [0.3, 0.4) is 0 Å². The lowest BCUT2D eigenvalue weighted by Gasteiger charge is -2.38. The summed E-state index contributed by atoms with van der Waals surface area (Å²) in [4.78, 5) is 30.2. The molecule has 26 heavy (non-hydrogen) atoms. The topological polar surface area (TPSA) is 65.8 Å². The van der Waals surface area contributed by atoms with Gasteiger partial charge >= 0.3 is 0 Å². The molecule has 6 nitrogen and oxygen atoms in total. The summed E-state index contributed by atoms with van der Waals surface area (Å²) in [6.07, 6.45) is 4.30. The molecule has 4 atom stereocenters. The van der Waals surface area contributed by atoms with Crippen molar-refractivity contribution in [2.45, 2.75) is 51.2 Å². The molecule has 0 spiro atoms. The third kappa shape index (κ3) is 2.70. The van der Waals surface area contributed by atoms with Gasteiger partial charge in [0, 0.05) is 50.0 Å². The number of carbonyl (C=O) groups is 1. The number of aromatic nitrogens is 1. The number of aliphatic hydroxyl groups excluding tert-OH is 1. The van der Waals surface area contributed by atoms with E-state index in [1.807, 2.05) is 15.5 Å². The largest absolute Gasteiger partial charge is 0.396 e. The van der Waals surface area contributed by atoms with Crippen molar-refractivity contribution in [3.8, 4) is 0 Å². The quantitative estimate of drug-likeness (QED) is 0.878. The summed E-state index contributed by atoms with van der Waals surface area (Å²) in [5, 5.41) is 10.2. The highest BCUT2D eigenvalue weighted by Crippen LogP contribution is 2.48. The van der Waals surface area contributed by atoms with Gasteiger partial charge in [0.2, 0.25) is 5.91 Å². The van der Waals surface area contributed by atoms with Crippen LogP contribution in [-0.2, 0) is 11.3 Å². The third-order valence-electron chi connectivity index (χ3n) is 6.48. The first-order valence-corrected chi connectivity index (χ1v) is 10.0. The Kier molecular flexibility index (Phi) is 4.88. The first-order chi connectivity index (χ1) is 12.7. The van der Waals surface area contributed by atoms with Gasteiger partial charge in [-0.15, -0.1) is 0 Å². The van der Waals surface area contributed by atoms with Crippen molar-refractivity contribution in [2.75, 3.05) is 26.2 Å². The van der Waals surface area contributed by atoms with Gasteiger partial charge in [-0.3, -0.25) is 14.5 Å². The minimum Gasteiger partial charge on any atom is -0.396 e. The van der Waals surface area contributed by atoms with Crippen LogP contribution in [0.15, 0.2) is 23.0 Å². The van der Waals surface area contributed by atoms with Crippen LogP contribution in [0.1, 0.15) is 44.3 Å². The van der Waals surface area contributed by atoms with Gasteiger partial charge in [-0.25, -0.2) is 0 Å². The zero-order valence-electron chi connectivity index (χ0n) is 15.5. The molecule has 0 aliphatic carbocycles. The molecule has 0 saturated carbocycles. The first-order valence-electron chi connectivity index (χ1n) is 10.0. The Morgan fingerprint density at radius 3 is 2.69 bits per heavy atom. The number of piperidine rings is 1. The molecule has 1 N–H and O–H groups in total. The van der Waals surface area contributed by atoms with E-state index in [4.69, 9.17) is 0 Å². The Morgan fingerprint density at radius 2 is 2.00 bits per heavy atom. The number of fused-ring (bicyclic) bond motifs is 4. The molecule has 1 amide bonds. The Balaban J connectivity index is 1.77. The molecule has 2 bridgehead atoms. The zero-order chi connectivity index (χ0) is 18.3. The van der Waals surface area contributed by atoms with E-state index in [1.54, 1.807) is 12.1 Å². The van der Waals surface area contributed by atoms with Gasteiger partial charge in [0.1, 0.15) is 0 Å². The van der Waals surface area contributed by atoms with Gasteiger partial charge in [-0.2, -0.15) is 0 Å². The maximum Gasteiger partial charge on any atom is 0.250 e. The van der Waals surface area contributed by atoms with Gasteiger partial charge in [-0.1, -0.05) is 13.0 Å². The number of amides is 1. The summed E-state index contributed by atoms with van der Waals surface area (Å²) in [5.74, 6) is -0.201. The van der Waals surface area contributed by atoms with E-state index in [2.05, 4.69) is 11.8 Å².